The summed E-state index contributed by atoms with van der Waals surface area (Å²) in [5.74, 6) is -0.892. The van der Waals surface area contributed by atoms with Crippen LogP contribution in [0.1, 0.15) is 30.1 Å². The molecule has 10 heteroatoms. The van der Waals surface area contributed by atoms with Crippen LogP contribution in [0.2, 0.25) is 0 Å². The largest absolute Gasteiger partial charge is 0.274 e. The molecule has 31 heavy (non-hydrogen) atoms. The van der Waals surface area contributed by atoms with Gasteiger partial charge in [0.25, 0.3) is 0 Å². The second-order valence-electron chi connectivity index (χ2n) is 7.58. The molecule has 0 bridgehead atoms. The number of imide groups is 1. The SMILES string of the molecule is O=C1CCC(=O)N1c1ccc(S(=O)(=O)N2CCC(c3ccccc3)S(=O)(=O)CC2)cc1. The van der Waals surface area contributed by atoms with Gasteiger partial charge in [-0.1, -0.05) is 30.3 Å². The van der Waals surface area contributed by atoms with Crippen molar-refractivity contribution in [1.82, 2.24) is 4.31 Å². The predicted octanol–water partition coefficient (Wildman–Crippen LogP) is 1.89. The van der Waals surface area contributed by atoms with E-state index in [0.717, 1.165) is 4.90 Å². The summed E-state index contributed by atoms with van der Waals surface area (Å²) in [6.07, 6.45) is 0.452. The lowest BCUT2D eigenvalue weighted by Crippen LogP contribution is -2.33. The number of carbonyl (C=O) groups is 2. The van der Waals surface area contributed by atoms with Crippen molar-refractivity contribution in [3.05, 3.63) is 60.2 Å². The molecule has 0 spiro atoms. The molecule has 2 aliphatic rings. The van der Waals surface area contributed by atoms with Crippen LogP contribution in [0.3, 0.4) is 0 Å². The summed E-state index contributed by atoms with van der Waals surface area (Å²) < 4.78 is 53.0. The number of benzene rings is 2. The normalized spacial score (nSPS) is 22.5. The maximum atomic E-state index is 13.1. The lowest BCUT2D eigenvalue weighted by molar-refractivity contribution is -0.121. The molecule has 0 aliphatic carbocycles. The van der Waals surface area contributed by atoms with Crippen LogP contribution in [0.15, 0.2) is 59.5 Å². The summed E-state index contributed by atoms with van der Waals surface area (Å²) >= 11 is 0. The fourth-order valence-electron chi connectivity index (χ4n) is 3.99. The second-order valence-corrected chi connectivity index (χ2v) is 11.8. The van der Waals surface area contributed by atoms with E-state index in [2.05, 4.69) is 0 Å². The van der Waals surface area contributed by atoms with Crippen molar-refractivity contribution in [2.24, 2.45) is 0 Å². The van der Waals surface area contributed by atoms with E-state index < -0.39 is 25.1 Å². The third-order valence-corrected chi connectivity index (χ3v) is 9.69. The molecule has 0 N–H and O–H groups in total. The number of hydrogen-bond acceptors (Lipinski definition) is 6. The first-order valence-electron chi connectivity index (χ1n) is 9.93. The second kappa shape index (κ2) is 8.18. The van der Waals surface area contributed by atoms with Crippen molar-refractivity contribution >= 4 is 37.4 Å². The van der Waals surface area contributed by atoms with Crippen LogP contribution in [0, 0.1) is 0 Å². The van der Waals surface area contributed by atoms with Gasteiger partial charge in [0.1, 0.15) is 0 Å². The number of sulfone groups is 1. The Kier molecular flexibility index (Phi) is 5.71. The highest BCUT2D eigenvalue weighted by Crippen LogP contribution is 2.31. The molecule has 2 aromatic carbocycles. The topological polar surface area (TPSA) is 109 Å². The molecule has 8 nitrogen and oxygen atoms in total. The van der Waals surface area contributed by atoms with Crippen LogP contribution in [-0.4, -0.2) is 51.8 Å². The quantitative estimate of drug-likeness (QED) is 0.642. The van der Waals surface area contributed by atoms with Gasteiger partial charge in [0.05, 0.1) is 21.6 Å². The van der Waals surface area contributed by atoms with Crippen LogP contribution in [-0.2, 0) is 29.4 Å². The average molecular weight is 463 g/mol. The Morgan fingerprint density at radius 1 is 0.839 bits per heavy atom. The summed E-state index contributed by atoms with van der Waals surface area (Å²) in [5, 5.41) is -0.747. The maximum Gasteiger partial charge on any atom is 0.243 e. The van der Waals surface area contributed by atoms with Crippen molar-refractivity contribution in [1.29, 1.82) is 0 Å². The first-order valence-corrected chi connectivity index (χ1v) is 13.1. The van der Waals surface area contributed by atoms with Crippen LogP contribution < -0.4 is 4.90 Å². The van der Waals surface area contributed by atoms with E-state index in [-0.39, 0.29) is 54.8 Å². The number of nitrogens with zero attached hydrogens (tertiary/aromatic N) is 2. The third kappa shape index (κ3) is 4.15. The van der Waals surface area contributed by atoms with E-state index in [1.807, 2.05) is 0 Å². The van der Waals surface area contributed by atoms with Gasteiger partial charge in [-0.05, 0) is 36.2 Å². The van der Waals surface area contributed by atoms with Gasteiger partial charge in [0, 0.05) is 25.9 Å². The Bertz CT molecular complexity index is 1190. The molecule has 4 rings (SSSR count). The van der Waals surface area contributed by atoms with E-state index in [1.165, 1.54) is 28.6 Å². The molecular formula is C21H22N2O6S2. The Morgan fingerprint density at radius 3 is 2.06 bits per heavy atom. The van der Waals surface area contributed by atoms with Gasteiger partial charge in [0.15, 0.2) is 9.84 Å². The third-order valence-electron chi connectivity index (χ3n) is 5.65. The zero-order valence-electron chi connectivity index (χ0n) is 16.7. The minimum atomic E-state index is -3.93. The lowest BCUT2D eigenvalue weighted by Gasteiger charge is -2.20. The number of rotatable bonds is 4. The van der Waals surface area contributed by atoms with Crippen molar-refractivity contribution in [2.45, 2.75) is 29.4 Å². The first kappa shape index (κ1) is 21.7. The van der Waals surface area contributed by atoms with E-state index >= 15 is 0 Å². The molecule has 0 radical (unpaired) electrons. The van der Waals surface area contributed by atoms with Crippen molar-refractivity contribution in [2.75, 3.05) is 23.7 Å². The highest BCUT2D eigenvalue weighted by molar-refractivity contribution is 7.92. The van der Waals surface area contributed by atoms with Gasteiger partial charge in [-0.2, -0.15) is 4.31 Å². The fourth-order valence-corrected chi connectivity index (χ4v) is 7.35. The minimum absolute atomic E-state index is 0.00842. The highest BCUT2D eigenvalue weighted by atomic mass is 32.2. The van der Waals surface area contributed by atoms with Gasteiger partial charge >= 0.3 is 0 Å². The number of sulfonamides is 1. The summed E-state index contributed by atoms with van der Waals surface area (Å²) in [6.45, 7) is -0.0508. The lowest BCUT2D eigenvalue weighted by atomic mass is 10.1. The van der Waals surface area contributed by atoms with Gasteiger partial charge in [0.2, 0.25) is 21.8 Å². The molecule has 0 aromatic heterocycles. The summed E-state index contributed by atoms with van der Waals surface area (Å²) in [4.78, 5) is 24.8. The fraction of sp³-hybridized carbons (Fsp3) is 0.333. The Balaban J connectivity index is 1.56. The molecule has 1 unspecified atom stereocenters. The van der Waals surface area contributed by atoms with E-state index in [0.29, 0.717) is 11.3 Å². The monoisotopic (exact) mass is 462 g/mol. The van der Waals surface area contributed by atoms with E-state index in [1.54, 1.807) is 30.3 Å². The Labute approximate surface area is 181 Å². The van der Waals surface area contributed by atoms with Crippen LogP contribution in [0.4, 0.5) is 5.69 Å². The van der Waals surface area contributed by atoms with Crippen LogP contribution in [0.25, 0.3) is 0 Å². The standard InChI is InChI=1S/C21H22N2O6S2/c24-20-10-11-21(25)23(20)17-6-8-18(9-7-17)31(28,29)22-13-12-19(30(26,27)15-14-22)16-4-2-1-3-5-16/h1-9,19H,10-15H2. The van der Waals surface area contributed by atoms with Crippen molar-refractivity contribution in [3.8, 4) is 0 Å². The molecular weight excluding hydrogens is 440 g/mol. The van der Waals surface area contributed by atoms with Crippen LogP contribution >= 0.6 is 0 Å². The van der Waals surface area contributed by atoms with Gasteiger partial charge in [-0.25, -0.2) is 16.8 Å². The van der Waals surface area contributed by atoms with Gasteiger partial charge in [-0.15, -0.1) is 0 Å². The number of anilines is 1. The molecule has 2 aromatic rings. The number of amides is 2. The average Bonchev–Trinajstić information content (AvgIpc) is 2.98. The first-order chi connectivity index (χ1) is 14.7. The molecule has 1 atom stereocenters. The minimum Gasteiger partial charge on any atom is -0.274 e. The van der Waals surface area contributed by atoms with Gasteiger partial charge < -0.3 is 0 Å². The zero-order valence-corrected chi connectivity index (χ0v) is 18.3. The molecule has 2 fully saturated rings. The molecule has 164 valence electrons. The van der Waals surface area contributed by atoms with E-state index in [9.17, 15) is 26.4 Å². The molecule has 2 heterocycles. The number of carbonyl (C=O) groups excluding carboxylic acids is 2. The Hall–Kier alpha value is -2.56. The molecule has 0 saturated carbocycles. The predicted molar refractivity (Wildman–Crippen MR) is 115 cm³/mol. The summed E-state index contributed by atoms with van der Waals surface area (Å²) in [5.41, 5.74) is 0.986. The summed E-state index contributed by atoms with van der Waals surface area (Å²) in [6, 6.07) is 14.4. The molecule has 2 aliphatic heterocycles. The Morgan fingerprint density at radius 2 is 1.45 bits per heavy atom. The highest BCUT2D eigenvalue weighted by Gasteiger charge is 2.36. The smallest absolute Gasteiger partial charge is 0.243 e. The summed E-state index contributed by atoms with van der Waals surface area (Å²) in [7, 11) is -7.43. The van der Waals surface area contributed by atoms with Crippen LogP contribution in [0.5, 0.6) is 0 Å². The maximum absolute atomic E-state index is 13.1. The van der Waals surface area contributed by atoms with Crippen molar-refractivity contribution < 1.29 is 26.4 Å². The zero-order chi connectivity index (χ0) is 22.2. The molecule has 2 amide bonds. The number of hydrogen-bond donors (Lipinski definition) is 0. The van der Waals surface area contributed by atoms with E-state index in [4.69, 9.17) is 0 Å². The molecule has 2 saturated heterocycles. The van der Waals surface area contributed by atoms with Gasteiger partial charge in [-0.3, -0.25) is 14.5 Å². The van der Waals surface area contributed by atoms with Crippen molar-refractivity contribution in [3.63, 3.8) is 0 Å².